The summed E-state index contributed by atoms with van der Waals surface area (Å²) in [4.78, 5) is 4.57. The zero-order valence-corrected chi connectivity index (χ0v) is 12.3. The van der Waals surface area contributed by atoms with Crippen molar-refractivity contribution in [1.29, 1.82) is 0 Å². The van der Waals surface area contributed by atoms with Crippen LogP contribution in [0.2, 0.25) is 0 Å². The normalized spacial score (nSPS) is 26.4. The number of rotatable bonds is 3. The van der Waals surface area contributed by atoms with Crippen molar-refractivity contribution in [3.05, 3.63) is 11.6 Å². The van der Waals surface area contributed by atoms with Gasteiger partial charge in [0.05, 0.1) is 24.2 Å². The first-order valence-corrected chi connectivity index (χ1v) is 9.15. The molecule has 1 aromatic heterocycles. The Kier molecular flexibility index (Phi) is 3.81. The lowest BCUT2D eigenvalue weighted by Crippen LogP contribution is -2.25. The van der Waals surface area contributed by atoms with Crippen LogP contribution in [0.1, 0.15) is 43.4 Å². The fourth-order valence-corrected chi connectivity index (χ4v) is 4.73. The highest BCUT2D eigenvalue weighted by molar-refractivity contribution is 7.91. The molecule has 0 bridgehead atoms. The maximum absolute atomic E-state index is 11.4. The number of aryl methyl sites for hydroxylation is 1. The lowest BCUT2D eigenvalue weighted by Gasteiger charge is -2.21. The Bertz CT molecular complexity index is 568. The average molecular weight is 299 g/mol. The second kappa shape index (κ2) is 5.44. The summed E-state index contributed by atoms with van der Waals surface area (Å²) in [5.41, 5.74) is 0. The van der Waals surface area contributed by atoms with Gasteiger partial charge < -0.3 is 5.11 Å². The smallest absolute Gasteiger partial charge is 0.151 e. The lowest BCUT2D eigenvalue weighted by atomic mass is 9.99. The fraction of sp³-hybridized carbons (Fsp3) is 0.846. The molecule has 2 aliphatic rings. The van der Waals surface area contributed by atoms with Crippen LogP contribution in [0.15, 0.2) is 0 Å². The predicted octanol–water partition coefficient (Wildman–Crippen LogP) is 0.515. The highest BCUT2D eigenvalue weighted by Crippen LogP contribution is 2.25. The second-order valence-corrected chi connectivity index (χ2v) is 8.22. The van der Waals surface area contributed by atoms with Crippen molar-refractivity contribution in [3.63, 3.8) is 0 Å². The van der Waals surface area contributed by atoms with Crippen molar-refractivity contribution >= 4 is 9.84 Å². The van der Waals surface area contributed by atoms with Gasteiger partial charge in [-0.3, -0.25) is 0 Å². The van der Waals surface area contributed by atoms with E-state index in [4.69, 9.17) is 0 Å². The molecule has 0 aliphatic carbocycles. The number of aliphatic hydroxyl groups excluding tert-OH is 1. The topological polar surface area (TPSA) is 85.1 Å². The minimum Gasteiger partial charge on any atom is -0.394 e. The third kappa shape index (κ3) is 2.88. The van der Waals surface area contributed by atoms with Crippen molar-refractivity contribution in [2.75, 3.05) is 18.1 Å². The predicted molar refractivity (Wildman–Crippen MR) is 74.2 cm³/mol. The molecule has 20 heavy (non-hydrogen) atoms. The van der Waals surface area contributed by atoms with Gasteiger partial charge in [-0.25, -0.2) is 18.1 Å². The molecule has 7 heteroatoms. The number of fused-ring (bicyclic) bond motifs is 1. The summed E-state index contributed by atoms with van der Waals surface area (Å²) in [5.74, 6) is 2.74. The Labute approximate surface area is 119 Å². The summed E-state index contributed by atoms with van der Waals surface area (Å²) in [7, 11) is -2.80. The molecule has 0 amide bonds. The van der Waals surface area contributed by atoms with E-state index in [2.05, 4.69) is 10.1 Å². The minimum atomic E-state index is -2.80. The lowest BCUT2D eigenvalue weighted by molar-refractivity contribution is 0.194. The molecule has 0 radical (unpaired) electrons. The number of aromatic nitrogens is 3. The van der Waals surface area contributed by atoms with E-state index in [0.29, 0.717) is 17.4 Å². The van der Waals surface area contributed by atoms with E-state index in [1.165, 1.54) is 0 Å². The minimum absolute atomic E-state index is 0.0618. The van der Waals surface area contributed by atoms with E-state index in [0.717, 1.165) is 50.2 Å². The van der Waals surface area contributed by atoms with Gasteiger partial charge in [-0.15, -0.1) is 0 Å². The highest BCUT2D eigenvalue weighted by Gasteiger charge is 2.27. The van der Waals surface area contributed by atoms with Crippen molar-refractivity contribution in [2.45, 2.75) is 44.6 Å². The maximum atomic E-state index is 11.4. The molecule has 2 aliphatic heterocycles. The van der Waals surface area contributed by atoms with Gasteiger partial charge in [0.2, 0.25) is 0 Å². The maximum Gasteiger partial charge on any atom is 0.151 e. The molecule has 1 aromatic rings. The largest absolute Gasteiger partial charge is 0.394 e. The standard InChI is InChI=1S/C13H21N3O3S/c17-9-11-2-1-3-13-14-12(15-16(11)13)8-10-4-6-20(18,19)7-5-10/h10-11,17H,1-9H2. The fourth-order valence-electron chi connectivity index (χ4n) is 3.14. The molecule has 0 spiro atoms. The van der Waals surface area contributed by atoms with Gasteiger partial charge in [-0.2, -0.15) is 5.10 Å². The van der Waals surface area contributed by atoms with Crippen LogP contribution in [0.4, 0.5) is 0 Å². The zero-order valence-electron chi connectivity index (χ0n) is 11.5. The van der Waals surface area contributed by atoms with E-state index in [1.54, 1.807) is 0 Å². The number of hydrogen-bond donors (Lipinski definition) is 1. The van der Waals surface area contributed by atoms with E-state index < -0.39 is 9.84 Å². The van der Waals surface area contributed by atoms with Gasteiger partial charge in [0.1, 0.15) is 15.7 Å². The van der Waals surface area contributed by atoms with Crippen molar-refractivity contribution in [2.24, 2.45) is 5.92 Å². The second-order valence-electron chi connectivity index (χ2n) is 5.92. The molecule has 6 nitrogen and oxygen atoms in total. The molecule has 1 atom stereocenters. The number of hydrogen-bond acceptors (Lipinski definition) is 5. The summed E-state index contributed by atoms with van der Waals surface area (Å²) in [6, 6.07) is 0.0618. The van der Waals surface area contributed by atoms with E-state index in [-0.39, 0.29) is 12.6 Å². The molecule has 3 rings (SSSR count). The van der Waals surface area contributed by atoms with Gasteiger partial charge in [0.15, 0.2) is 5.82 Å². The quantitative estimate of drug-likeness (QED) is 0.879. The van der Waals surface area contributed by atoms with Crippen molar-refractivity contribution < 1.29 is 13.5 Å². The van der Waals surface area contributed by atoms with Crippen LogP contribution in [-0.2, 0) is 22.7 Å². The van der Waals surface area contributed by atoms with Gasteiger partial charge in [0, 0.05) is 12.8 Å². The van der Waals surface area contributed by atoms with E-state index in [9.17, 15) is 13.5 Å². The summed E-state index contributed by atoms with van der Waals surface area (Å²) < 4.78 is 24.7. The number of sulfone groups is 1. The van der Waals surface area contributed by atoms with Crippen molar-refractivity contribution in [3.8, 4) is 0 Å². The summed E-state index contributed by atoms with van der Waals surface area (Å²) in [6.45, 7) is 0.109. The Morgan fingerprint density at radius 2 is 2.00 bits per heavy atom. The summed E-state index contributed by atoms with van der Waals surface area (Å²) in [5, 5.41) is 13.9. The van der Waals surface area contributed by atoms with Gasteiger partial charge >= 0.3 is 0 Å². The van der Waals surface area contributed by atoms with E-state index in [1.807, 2.05) is 4.68 Å². The van der Waals surface area contributed by atoms with Gasteiger partial charge in [-0.05, 0) is 31.6 Å². The number of nitrogens with zero attached hydrogens (tertiary/aromatic N) is 3. The van der Waals surface area contributed by atoms with Crippen LogP contribution in [0.3, 0.4) is 0 Å². The third-order valence-corrected chi connectivity index (χ3v) is 6.10. The Morgan fingerprint density at radius 3 is 2.70 bits per heavy atom. The molecule has 3 heterocycles. The molecular formula is C13H21N3O3S. The SMILES string of the molecule is O=S1(=O)CCC(Cc2nc3n(n2)C(CO)CCC3)CC1. The van der Waals surface area contributed by atoms with Crippen LogP contribution < -0.4 is 0 Å². The molecule has 0 aromatic carbocycles. The molecule has 1 saturated heterocycles. The molecular weight excluding hydrogens is 278 g/mol. The van der Waals surface area contributed by atoms with Crippen LogP contribution in [-0.4, -0.2) is 46.4 Å². The molecule has 0 saturated carbocycles. The third-order valence-electron chi connectivity index (χ3n) is 4.39. The summed E-state index contributed by atoms with van der Waals surface area (Å²) in [6.07, 6.45) is 5.11. The van der Waals surface area contributed by atoms with Gasteiger partial charge in [0.25, 0.3) is 0 Å². The average Bonchev–Trinajstić information content (AvgIpc) is 2.83. The van der Waals surface area contributed by atoms with Crippen LogP contribution in [0.25, 0.3) is 0 Å². The van der Waals surface area contributed by atoms with E-state index >= 15 is 0 Å². The molecule has 112 valence electrons. The van der Waals surface area contributed by atoms with Crippen molar-refractivity contribution in [1.82, 2.24) is 14.8 Å². The van der Waals surface area contributed by atoms with Crippen LogP contribution in [0.5, 0.6) is 0 Å². The van der Waals surface area contributed by atoms with Gasteiger partial charge in [-0.1, -0.05) is 0 Å². The first kappa shape index (κ1) is 14.0. The molecule has 1 unspecified atom stereocenters. The highest BCUT2D eigenvalue weighted by atomic mass is 32.2. The van der Waals surface area contributed by atoms with Crippen LogP contribution in [0, 0.1) is 5.92 Å². The Balaban J connectivity index is 1.68. The zero-order chi connectivity index (χ0) is 14.2. The first-order chi connectivity index (χ1) is 9.57. The monoisotopic (exact) mass is 299 g/mol. The molecule has 1 N–H and O–H groups in total. The molecule has 1 fully saturated rings. The first-order valence-electron chi connectivity index (χ1n) is 7.33. The van der Waals surface area contributed by atoms with Crippen LogP contribution >= 0.6 is 0 Å². The Morgan fingerprint density at radius 1 is 1.25 bits per heavy atom. The Hall–Kier alpha value is -0.950. The summed E-state index contributed by atoms with van der Waals surface area (Å²) >= 11 is 0. The number of aliphatic hydroxyl groups is 1.